The SMILES string of the molecule is CCCOc1ccc(C(C)NC(=O)c2ccc(OCC(=O)NC(C)C)c(OC)c2)cc1OC. The fraction of sp³-hybridized carbons (Fsp3) is 0.440. The van der Waals surface area contributed by atoms with Crippen molar-refractivity contribution in [3.63, 3.8) is 0 Å². The van der Waals surface area contributed by atoms with Gasteiger partial charge in [-0.15, -0.1) is 0 Å². The highest BCUT2D eigenvalue weighted by Gasteiger charge is 2.17. The van der Waals surface area contributed by atoms with Crippen molar-refractivity contribution in [2.75, 3.05) is 27.4 Å². The minimum absolute atomic E-state index is 0.0242. The molecule has 0 saturated carbocycles. The number of hydrogen-bond acceptors (Lipinski definition) is 6. The van der Waals surface area contributed by atoms with Gasteiger partial charge in [0.1, 0.15) is 0 Å². The highest BCUT2D eigenvalue weighted by molar-refractivity contribution is 5.95. The predicted molar refractivity (Wildman–Crippen MR) is 126 cm³/mol. The van der Waals surface area contributed by atoms with E-state index in [4.69, 9.17) is 18.9 Å². The van der Waals surface area contributed by atoms with Gasteiger partial charge in [0, 0.05) is 11.6 Å². The fourth-order valence-corrected chi connectivity index (χ4v) is 3.08. The third-order valence-corrected chi connectivity index (χ3v) is 4.73. The smallest absolute Gasteiger partial charge is 0.258 e. The summed E-state index contributed by atoms with van der Waals surface area (Å²) in [6.45, 7) is 8.13. The minimum Gasteiger partial charge on any atom is -0.493 e. The van der Waals surface area contributed by atoms with E-state index in [9.17, 15) is 9.59 Å². The molecule has 8 heteroatoms. The molecule has 0 spiro atoms. The van der Waals surface area contributed by atoms with E-state index in [2.05, 4.69) is 10.6 Å². The monoisotopic (exact) mass is 458 g/mol. The molecule has 0 aliphatic heterocycles. The van der Waals surface area contributed by atoms with Crippen molar-refractivity contribution in [2.45, 2.75) is 46.2 Å². The van der Waals surface area contributed by atoms with Crippen LogP contribution in [0.15, 0.2) is 36.4 Å². The fourth-order valence-electron chi connectivity index (χ4n) is 3.08. The zero-order valence-electron chi connectivity index (χ0n) is 20.2. The van der Waals surface area contributed by atoms with Gasteiger partial charge in [-0.25, -0.2) is 0 Å². The largest absolute Gasteiger partial charge is 0.493 e. The second kappa shape index (κ2) is 12.6. The molecule has 0 aliphatic rings. The molecule has 2 aromatic carbocycles. The summed E-state index contributed by atoms with van der Waals surface area (Å²) in [5, 5.41) is 5.73. The lowest BCUT2D eigenvalue weighted by Crippen LogP contribution is -2.34. The number of carbonyl (C=O) groups excluding carboxylic acids is 2. The van der Waals surface area contributed by atoms with Crippen molar-refractivity contribution in [1.29, 1.82) is 0 Å². The quantitative estimate of drug-likeness (QED) is 0.501. The topological polar surface area (TPSA) is 95.1 Å². The Bertz CT molecular complexity index is 944. The zero-order valence-corrected chi connectivity index (χ0v) is 20.2. The Balaban J connectivity index is 2.07. The van der Waals surface area contributed by atoms with E-state index in [1.807, 2.05) is 45.9 Å². The van der Waals surface area contributed by atoms with E-state index in [1.165, 1.54) is 7.11 Å². The van der Waals surface area contributed by atoms with Crippen molar-refractivity contribution in [2.24, 2.45) is 0 Å². The van der Waals surface area contributed by atoms with Crippen molar-refractivity contribution in [3.8, 4) is 23.0 Å². The number of nitrogens with one attached hydrogen (secondary N) is 2. The zero-order chi connectivity index (χ0) is 24.4. The van der Waals surface area contributed by atoms with E-state index in [1.54, 1.807) is 25.3 Å². The molecule has 0 radical (unpaired) electrons. The number of benzene rings is 2. The first kappa shape index (κ1) is 25.8. The van der Waals surface area contributed by atoms with Crippen LogP contribution in [0.5, 0.6) is 23.0 Å². The van der Waals surface area contributed by atoms with Crippen LogP contribution in [0, 0.1) is 0 Å². The van der Waals surface area contributed by atoms with Crippen LogP contribution in [0.2, 0.25) is 0 Å². The predicted octanol–water partition coefficient (Wildman–Crippen LogP) is 3.89. The summed E-state index contributed by atoms with van der Waals surface area (Å²) < 4.78 is 22.0. The Hall–Kier alpha value is -3.42. The lowest BCUT2D eigenvalue weighted by atomic mass is 10.1. The minimum atomic E-state index is -0.270. The molecule has 1 atom stereocenters. The third kappa shape index (κ3) is 7.59. The van der Waals surface area contributed by atoms with Crippen molar-refractivity contribution in [3.05, 3.63) is 47.5 Å². The van der Waals surface area contributed by atoms with Gasteiger partial charge in [-0.2, -0.15) is 0 Å². The highest BCUT2D eigenvalue weighted by Crippen LogP contribution is 2.31. The van der Waals surface area contributed by atoms with Crippen LogP contribution in [0.4, 0.5) is 0 Å². The molecule has 2 rings (SSSR count). The molecule has 0 heterocycles. The maximum Gasteiger partial charge on any atom is 0.258 e. The number of carbonyl (C=O) groups is 2. The number of rotatable bonds is 12. The maximum atomic E-state index is 12.8. The van der Waals surface area contributed by atoms with Gasteiger partial charge >= 0.3 is 0 Å². The van der Waals surface area contributed by atoms with Crippen molar-refractivity contribution in [1.82, 2.24) is 10.6 Å². The maximum absolute atomic E-state index is 12.8. The Morgan fingerprint density at radius 1 is 0.848 bits per heavy atom. The van der Waals surface area contributed by atoms with E-state index < -0.39 is 0 Å². The highest BCUT2D eigenvalue weighted by atomic mass is 16.5. The molecule has 2 N–H and O–H groups in total. The molecular weight excluding hydrogens is 424 g/mol. The molecule has 0 saturated heterocycles. The second-order valence-corrected chi connectivity index (χ2v) is 7.83. The molecule has 1 unspecified atom stereocenters. The van der Waals surface area contributed by atoms with Gasteiger partial charge in [0.15, 0.2) is 29.6 Å². The summed E-state index contributed by atoms with van der Waals surface area (Å²) in [5.41, 5.74) is 1.29. The molecule has 0 fully saturated rings. The molecule has 180 valence electrons. The summed E-state index contributed by atoms with van der Waals surface area (Å²) >= 11 is 0. The molecule has 8 nitrogen and oxygen atoms in total. The van der Waals surface area contributed by atoms with Gasteiger partial charge in [-0.05, 0) is 63.1 Å². The van der Waals surface area contributed by atoms with Gasteiger partial charge in [0.05, 0.1) is 26.9 Å². The van der Waals surface area contributed by atoms with E-state index >= 15 is 0 Å². The number of hydrogen-bond donors (Lipinski definition) is 2. The number of amides is 2. The molecule has 0 aliphatic carbocycles. The van der Waals surface area contributed by atoms with Gasteiger partial charge in [-0.3, -0.25) is 9.59 Å². The summed E-state index contributed by atoms with van der Waals surface area (Å²) in [6.07, 6.45) is 0.899. The Morgan fingerprint density at radius 2 is 1.48 bits per heavy atom. The first-order chi connectivity index (χ1) is 15.8. The van der Waals surface area contributed by atoms with Crippen molar-refractivity contribution >= 4 is 11.8 Å². The van der Waals surface area contributed by atoms with Crippen LogP contribution in [0.1, 0.15) is 56.1 Å². The van der Waals surface area contributed by atoms with Gasteiger partial charge < -0.3 is 29.6 Å². The lowest BCUT2D eigenvalue weighted by Gasteiger charge is -2.18. The van der Waals surface area contributed by atoms with Crippen LogP contribution in [-0.4, -0.2) is 45.3 Å². The standard InChI is InChI=1S/C25H34N2O6/c1-7-12-32-20-10-8-18(13-22(20)30-5)17(4)27-25(29)19-9-11-21(23(14-19)31-6)33-15-24(28)26-16(2)3/h8-11,13-14,16-17H,7,12,15H2,1-6H3,(H,26,28)(H,27,29). The Labute approximate surface area is 195 Å². The van der Waals surface area contributed by atoms with Crippen LogP contribution < -0.4 is 29.6 Å². The van der Waals surface area contributed by atoms with E-state index in [0.29, 0.717) is 35.2 Å². The summed E-state index contributed by atoms with van der Waals surface area (Å²) in [5.74, 6) is 1.54. The molecule has 0 aromatic heterocycles. The van der Waals surface area contributed by atoms with Crippen LogP contribution >= 0.6 is 0 Å². The van der Waals surface area contributed by atoms with Gasteiger partial charge in [0.25, 0.3) is 11.8 Å². The van der Waals surface area contributed by atoms with Crippen LogP contribution in [0.3, 0.4) is 0 Å². The van der Waals surface area contributed by atoms with Crippen LogP contribution in [0.25, 0.3) is 0 Å². The molecule has 33 heavy (non-hydrogen) atoms. The third-order valence-electron chi connectivity index (χ3n) is 4.73. The van der Waals surface area contributed by atoms with Gasteiger partial charge in [-0.1, -0.05) is 13.0 Å². The lowest BCUT2D eigenvalue weighted by molar-refractivity contribution is -0.123. The van der Waals surface area contributed by atoms with E-state index in [-0.39, 0.29) is 30.5 Å². The summed E-state index contributed by atoms with van der Waals surface area (Å²) in [7, 11) is 3.07. The molecule has 0 bridgehead atoms. The van der Waals surface area contributed by atoms with Crippen molar-refractivity contribution < 1.29 is 28.5 Å². The average molecular weight is 459 g/mol. The van der Waals surface area contributed by atoms with E-state index in [0.717, 1.165) is 12.0 Å². The normalized spacial score (nSPS) is 11.5. The number of ether oxygens (including phenoxy) is 4. The molecule has 2 aromatic rings. The Morgan fingerprint density at radius 3 is 2.12 bits per heavy atom. The first-order valence-corrected chi connectivity index (χ1v) is 11.0. The molecular formula is C25H34N2O6. The average Bonchev–Trinajstić information content (AvgIpc) is 2.80. The first-order valence-electron chi connectivity index (χ1n) is 11.0. The van der Waals surface area contributed by atoms with Crippen LogP contribution in [-0.2, 0) is 4.79 Å². The molecule has 2 amide bonds. The van der Waals surface area contributed by atoms with Gasteiger partial charge in [0.2, 0.25) is 0 Å². The summed E-state index contributed by atoms with van der Waals surface area (Å²) in [6, 6.07) is 10.2. The number of methoxy groups -OCH3 is 2. The summed E-state index contributed by atoms with van der Waals surface area (Å²) in [4.78, 5) is 24.6. The second-order valence-electron chi connectivity index (χ2n) is 7.83. The Kier molecular flexibility index (Phi) is 9.84.